The van der Waals surface area contributed by atoms with E-state index in [1.165, 1.54) is 28.4 Å². The Morgan fingerprint density at radius 3 is 2.50 bits per heavy atom. The minimum atomic E-state index is -0.994. The first-order chi connectivity index (χ1) is 20.3. The molecule has 4 aromatic rings. The van der Waals surface area contributed by atoms with Gasteiger partial charge in [0.2, 0.25) is 12.7 Å². The zero-order valence-electron chi connectivity index (χ0n) is 22.5. The molecule has 2 amide bonds. The fraction of sp³-hybridized carbons (Fsp3) is 0.219. The van der Waals surface area contributed by atoms with Crippen LogP contribution in [-0.2, 0) is 11.3 Å². The van der Waals surface area contributed by atoms with Crippen molar-refractivity contribution in [1.29, 1.82) is 0 Å². The fourth-order valence-corrected chi connectivity index (χ4v) is 6.71. The highest BCUT2D eigenvalue weighted by molar-refractivity contribution is 7.12. The SMILES string of the molecule is CC1C(C(=O)c2ccccc2Cl)C(c2ccc3c(c2)OCO3)N(C(=O)c2cccs2)C1C(=O)NCc1ccc(F)cc1. The molecule has 10 heteroatoms. The molecule has 0 saturated carbocycles. The monoisotopic (exact) mass is 604 g/mol. The molecule has 3 aromatic carbocycles. The Hall–Kier alpha value is -4.21. The Balaban J connectivity index is 1.45. The van der Waals surface area contributed by atoms with E-state index in [4.69, 9.17) is 21.1 Å². The second-order valence-corrected chi connectivity index (χ2v) is 11.6. The molecule has 214 valence electrons. The van der Waals surface area contributed by atoms with Crippen LogP contribution in [0.1, 0.15) is 44.1 Å². The Labute approximate surface area is 250 Å². The van der Waals surface area contributed by atoms with Gasteiger partial charge in [0.1, 0.15) is 11.9 Å². The van der Waals surface area contributed by atoms with Gasteiger partial charge in [0.25, 0.3) is 5.91 Å². The van der Waals surface area contributed by atoms with Gasteiger partial charge in [0.05, 0.1) is 21.9 Å². The molecule has 1 saturated heterocycles. The number of benzene rings is 3. The number of nitrogens with one attached hydrogen (secondary N) is 1. The smallest absolute Gasteiger partial charge is 0.265 e. The van der Waals surface area contributed by atoms with Gasteiger partial charge in [-0.3, -0.25) is 14.4 Å². The predicted octanol–water partition coefficient (Wildman–Crippen LogP) is 6.29. The number of carbonyl (C=O) groups is 3. The maximum atomic E-state index is 14.3. The van der Waals surface area contributed by atoms with Crippen LogP contribution in [0.25, 0.3) is 0 Å². The number of ketones is 1. The number of amides is 2. The average molecular weight is 605 g/mol. The highest BCUT2D eigenvalue weighted by Gasteiger charge is 2.55. The Kier molecular flexibility index (Phi) is 7.70. The van der Waals surface area contributed by atoms with Gasteiger partial charge < -0.3 is 19.7 Å². The molecular formula is C32H26ClFN2O5S. The second-order valence-electron chi connectivity index (χ2n) is 10.3. The van der Waals surface area contributed by atoms with E-state index in [-0.39, 0.29) is 30.8 Å². The Morgan fingerprint density at radius 2 is 1.76 bits per heavy atom. The molecule has 7 nitrogen and oxygen atoms in total. The number of likely N-dealkylation sites (tertiary alicyclic amines) is 1. The zero-order chi connectivity index (χ0) is 29.4. The van der Waals surface area contributed by atoms with Crippen LogP contribution in [0.4, 0.5) is 4.39 Å². The van der Waals surface area contributed by atoms with E-state index in [0.717, 1.165) is 0 Å². The molecule has 0 radical (unpaired) electrons. The quantitative estimate of drug-likeness (QED) is 0.251. The minimum absolute atomic E-state index is 0.0636. The highest BCUT2D eigenvalue weighted by Crippen LogP contribution is 2.49. The van der Waals surface area contributed by atoms with Crippen LogP contribution in [0, 0.1) is 17.7 Å². The molecule has 42 heavy (non-hydrogen) atoms. The Morgan fingerprint density at radius 1 is 1.00 bits per heavy atom. The number of rotatable bonds is 7. The number of hydrogen-bond donors (Lipinski definition) is 1. The van der Waals surface area contributed by atoms with Crippen LogP contribution in [-0.4, -0.2) is 35.3 Å². The summed E-state index contributed by atoms with van der Waals surface area (Å²) in [6.45, 7) is 2.00. The number of Topliss-reactive ketones (excluding diaryl/α,β-unsaturated/α-hetero) is 1. The largest absolute Gasteiger partial charge is 0.454 e. The molecule has 2 aliphatic rings. The van der Waals surface area contributed by atoms with E-state index < -0.39 is 29.8 Å². The van der Waals surface area contributed by atoms with Gasteiger partial charge in [-0.05, 0) is 64.9 Å². The summed E-state index contributed by atoms with van der Waals surface area (Å²) in [6, 6.07) is 19.5. The number of halogens is 2. The minimum Gasteiger partial charge on any atom is -0.454 e. The Bertz CT molecular complexity index is 1650. The first-order valence-electron chi connectivity index (χ1n) is 13.4. The molecule has 6 rings (SSSR count). The summed E-state index contributed by atoms with van der Waals surface area (Å²) in [5.74, 6) is -1.78. The van der Waals surface area contributed by atoms with Gasteiger partial charge in [-0.25, -0.2) is 4.39 Å². The standard InChI is InChI=1S/C32H26ClFN2O5S/c1-18-27(30(37)22-5-2-3-6-23(22)33)29(20-10-13-24-25(15-20)41-17-40-24)36(32(39)26-7-4-14-42-26)28(18)31(38)35-16-19-8-11-21(34)12-9-19/h2-15,18,27-29H,16-17H2,1H3,(H,35,38). The number of carbonyl (C=O) groups excluding carboxylic acids is 3. The molecule has 4 unspecified atom stereocenters. The molecule has 1 aromatic heterocycles. The van der Waals surface area contributed by atoms with Crippen molar-refractivity contribution in [3.8, 4) is 11.5 Å². The van der Waals surface area contributed by atoms with Gasteiger partial charge in [-0.1, -0.05) is 54.9 Å². The molecular weight excluding hydrogens is 579 g/mol. The maximum absolute atomic E-state index is 14.3. The van der Waals surface area contributed by atoms with Crippen LogP contribution in [0.3, 0.4) is 0 Å². The summed E-state index contributed by atoms with van der Waals surface area (Å²) < 4.78 is 24.6. The third kappa shape index (κ3) is 5.14. The lowest BCUT2D eigenvalue weighted by molar-refractivity contribution is -0.126. The van der Waals surface area contributed by atoms with Gasteiger partial charge in [0.15, 0.2) is 17.3 Å². The maximum Gasteiger partial charge on any atom is 0.265 e. The van der Waals surface area contributed by atoms with Crippen molar-refractivity contribution >= 4 is 40.5 Å². The van der Waals surface area contributed by atoms with Crippen LogP contribution in [0.2, 0.25) is 5.02 Å². The van der Waals surface area contributed by atoms with Crippen molar-refractivity contribution in [1.82, 2.24) is 10.2 Å². The van der Waals surface area contributed by atoms with E-state index in [9.17, 15) is 18.8 Å². The van der Waals surface area contributed by atoms with E-state index in [0.29, 0.717) is 38.1 Å². The van der Waals surface area contributed by atoms with Crippen molar-refractivity contribution < 1.29 is 28.2 Å². The first kappa shape index (κ1) is 27.9. The normalized spacial score (nSPS) is 20.9. The molecule has 1 N–H and O–H groups in total. The molecule has 0 bridgehead atoms. The molecule has 1 fully saturated rings. The van der Waals surface area contributed by atoms with Gasteiger partial charge in [-0.2, -0.15) is 0 Å². The number of thiophene rings is 1. The number of hydrogen-bond acceptors (Lipinski definition) is 6. The average Bonchev–Trinajstić information content (AvgIpc) is 3.75. The molecule has 4 atom stereocenters. The van der Waals surface area contributed by atoms with E-state index in [1.807, 2.05) is 6.92 Å². The van der Waals surface area contributed by atoms with Crippen molar-refractivity contribution in [3.05, 3.63) is 117 Å². The van der Waals surface area contributed by atoms with Crippen LogP contribution in [0.5, 0.6) is 11.5 Å². The summed E-state index contributed by atoms with van der Waals surface area (Å²) in [7, 11) is 0. The molecule has 0 aliphatic carbocycles. The van der Waals surface area contributed by atoms with Crippen LogP contribution < -0.4 is 14.8 Å². The van der Waals surface area contributed by atoms with Gasteiger partial charge >= 0.3 is 0 Å². The number of ether oxygens (including phenoxy) is 2. The van der Waals surface area contributed by atoms with Gasteiger partial charge in [-0.15, -0.1) is 11.3 Å². The fourth-order valence-electron chi connectivity index (χ4n) is 5.81. The predicted molar refractivity (Wildman–Crippen MR) is 156 cm³/mol. The lowest BCUT2D eigenvalue weighted by Crippen LogP contribution is -2.48. The van der Waals surface area contributed by atoms with E-state index in [2.05, 4.69) is 5.32 Å². The van der Waals surface area contributed by atoms with Gasteiger partial charge in [0, 0.05) is 12.1 Å². The summed E-state index contributed by atoms with van der Waals surface area (Å²) in [4.78, 5) is 44.4. The highest BCUT2D eigenvalue weighted by atomic mass is 35.5. The summed E-state index contributed by atoms with van der Waals surface area (Å²) in [5.41, 5.74) is 1.65. The van der Waals surface area contributed by atoms with Crippen molar-refractivity contribution in [2.75, 3.05) is 6.79 Å². The molecule has 3 heterocycles. The van der Waals surface area contributed by atoms with Crippen LogP contribution in [0.15, 0.2) is 84.2 Å². The third-order valence-corrected chi connectivity index (χ3v) is 8.99. The molecule has 2 aliphatic heterocycles. The summed E-state index contributed by atoms with van der Waals surface area (Å²) in [5, 5.41) is 4.99. The van der Waals surface area contributed by atoms with Crippen molar-refractivity contribution in [3.63, 3.8) is 0 Å². The second kappa shape index (κ2) is 11.6. The van der Waals surface area contributed by atoms with Crippen molar-refractivity contribution in [2.24, 2.45) is 11.8 Å². The first-order valence-corrected chi connectivity index (χ1v) is 14.7. The number of nitrogens with zero attached hydrogens (tertiary/aromatic N) is 1. The lowest BCUT2D eigenvalue weighted by atomic mass is 9.80. The molecule has 0 spiro atoms. The lowest BCUT2D eigenvalue weighted by Gasteiger charge is -2.31. The topological polar surface area (TPSA) is 84.9 Å². The van der Waals surface area contributed by atoms with E-state index >= 15 is 0 Å². The van der Waals surface area contributed by atoms with Crippen LogP contribution >= 0.6 is 22.9 Å². The van der Waals surface area contributed by atoms with Crippen molar-refractivity contribution in [2.45, 2.75) is 25.6 Å². The van der Waals surface area contributed by atoms with E-state index in [1.54, 1.807) is 72.1 Å². The summed E-state index contributed by atoms with van der Waals surface area (Å²) in [6.07, 6.45) is 0. The number of fused-ring (bicyclic) bond motifs is 1. The summed E-state index contributed by atoms with van der Waals surface area (Å²) >= 11 is 7.74. The zero-order valence-corrected chi connectivity index (χ0v) is 24.0. The third-order valence-electron chi connectivity index (χ3n) is 7.80.